The van der Waals surface area contributed by atoms with E-state index in [1.807, 2.05) is 44.2 Å². The summed E-state index contributed by atoms with van der Waals surface area (Å²) in [6.07, 6.45) is 1.77. The monoisotopic (exact) mass is 547 g/mol. The van der Waals surface area contributed by atoms with Crippen LogP contribution in [0, 0.1) is 5.82 Å². The average Bonchev–Trinajstić information content (AvgIpc) is 3.58. The molecule has 1 amide bonds. The van der Waals surface area contributed by atoms with Crippen LogP contribution in [0.4, 0.5) is 4.39 Å². The molecule has 1 aliphatic rings. The van der Waals surface area contributed by atoms with Crippen molar-refractivity contribution in [3.63, 3.8) is 0 Å². The van der Waals surface area contributed by atoms with E-state index in [0.29, 0.717) is 29.6 Å². The molecule has 0 aliphatic carbocycles. The Morgan fingerprint density at radius 1 is 1.10 bits per heavy atom. The van der Waals surface area contributed by atoms with Gasteiger partial charge in [-0.15, -0.1) is 0 Å². The van der Waals surface area contributed by atoms with Gasteiger partial charge in [-0.2, -0.15) is 5.10 Å². The Bertz CT molecular complexity index is 1420. The molecule has 0 unspecified atom stereocenters. The molecule has 0 bridgehead atoms. The summed E-state index contributed by atoms with van der Waals surface area (Å²) in [5.74, 6) is -0.162. The van der Waals surface area contributed by atoms with Crippen LogP contribution in [-0.2, 0) is 11.3 Å². The van der Waals surface area contributed by atoms with E-state index < -0.39 is 5.82 Å². The maximum absolute atomic E-state index is 14.8. The Morgan fingerprint density at radius 3 is 2.49 bits per heavy atom. The first kappa shape index (κ1) is 26.9. The number of carbonyl (C=O) groups is 1. The Kier molecular flexibility index (Phi) is 8.29. The number of para-hydroxylation sites is 2. The molecule has 0 saturated carbocycles. The zero-order chi connectivity index (χ0) is 27.4. The van der Waals surface area contributed by atoms with Gasteiger partial charge in [-0.1, -0.05) is 55.8 Å². The van der Waals surface area contributed by atoms with Gasteiger partial charge in [0.15, 0.2) is 11.6 Å². The van der Waals surface area contributed by atoms with Gasteiger partial charge in [0.2, 0.25) is 5.88 Å². The summed E-state index contributed by atoms with van der Waals surface area (Å²) in [5, 5.41) is 5.48. The second kappa shape index (κ2) is 12.0. The molecule has 0 N–H and O–H groups in total. The van der Waals surface area contributed by atoms with Crippen molar-refractivity contribution in [3.8, 4) is 17.3 Å². The molecule has 39 heavy (non-hydrogen) atoms. The molecule has 202 valence electrons. The normalized spacial score (nSPS) is 15.1. The molecule has 1 aromatic heterocycles. The van der Waals surface area contributed by atoms with Crippen molar-refractivity contribution in [2.45, 2.75) is 45.3 Å². The number of rotatable bonds is 9. The van der Waals surface area contributed by atoms with E-state index in [1.165, 1.54) is 6.07 Å². The van der Waals surface area contributed by atoms with Crippen LogP contribution in [0.15, 0.2) is 78.9 Å². The Labute approximate surface area is 232 Å². The third kappa shape index (κ3) is 6.15. The van der Waals surface area contributed by atoms with Gasteiger partial charge in [0.1, 0.15) is 0 Å². The van der Waals surface area contributed by atoms with Crippen LogP contribution in [-0.4, -0.2) is 39.8 Å². The second-order valence-electron chi connectivity index (χ2n) is 9.93. The van der Waals surface area contributed by atoms with Gasteiger partial charge in [0, 0.05) is 23.7 Å². The molecule has 3 aromatic carbocycles. The number of nitrogens with zero attached hydrogens (tertiary/aromatic N) is 3. The van der Waals surface area contributed by atoms with Gasteiger partial charge in [-0.25, -0.2) is 9.07 Å². The number of hydrogen-bond acceptors (Lipinski definition) is 4. The fraction of sp³-hybridized carbons (Fsp3) is 0.290. The number of ether oxygens (including phenoxy) is 2. The minimum Gasteiger partial charge on any atom is -0.435 e. The van der Waals surface area contributed by atoms with Gasteiger partial charge in [0.05, 0.1) is 29.6 Å². The van der Waals surface area contributed by atoms with Gasteiger partial charge in [-0.05, 0) is 67.3 Å². The second-order valence-corrected chi connectivity index (χ2v) is 10.4. The van der Waals surface area contributed by atoms with E-state index in [2.05, 4.69) is 0 Å². The number of carbonyl (C=O) groups excluding carboxylic acids is 1. The molecule has 0 radical (unpaired) electrons. The van der Waals surface area contributed by atoms with E-state index in [9.17, 15) is 9.18 Å². The maximum Gasteiger partial charge on any atom is 0.254 e. The van der Waals surface area contributed by atoms with Crippen molar-refractivity contribution < 1.29 is 18.7 Å². The minimum absolute atomic E-state index is 0.0168. The lowest BCUT2D eigenvalue weighted by atomic mass is 10.0. The zero-order valence-electron chi connectivity index (χ0n) is 22.0. The van der Waals surface area contributed by atoms with Gasteiger partial charge in [0.25, 0.3) is 5.91 Å². The SMILES string of the molecule is CC(C)c1nn(-c2ccccc2)c(Oc2ccccc2F)c1CN(C[C@H]1CCCO1)C(=O)c1ccc(Cl)cc1. The lowest BCUT2D eigenvalue weighted by Crippen LogP contribution is -2.37. The molecule has 6 nitrogen and oxygen atoms in total. The van der Waals surface area contributed by atoms with E-state index in [1.54, 1.807) is 52.0 Å². The number of hydrogen-bond donors (Lipinski definition) is 0. The summed E-state index contributed by atoms with van der Waals surface area (Å²) in [5.41, 5.74) is 2.78. The summed E-state index contributed by atoms with van der Waals surface area (Å²) in [6, 6.07) is 22.7. The van der Waals surface area contributed by atoms with Crippen LogP contribution in [0.5, 0.6) is 11.6 Å². The summed E-state index contributed by atoms with van der Waals surface area (Å²) in [6.45, 7) is 5.39. The van der Waals surface area contributed by atoms with Crippen molar-refractivity contribution >= 4 is 17.5 Å². The highest BCUT2D eigenvalue weighted by molar-refractivity contribution is 6.30. The van der Waals surface area contributed by atoms with Crippen molar-refractivity contribution in [3.05, 3.63) is 107 Å². The van der Waals surface area contributed by atoms with Crippen LogP contribution in [0.25, 0.3) is 5.69 Å². The minimum atomic E-state index is -0.483. The van der Waals surface area contributed by atoms with Crippen molar-refractivity contribution in [1.29, 1.82) is 0 Å². The Morgan fingerprint density at radius 2 is 1.82 bits per heavy atom. The first-order chi connectivity index (χ1) is 18.9. The molecule has 1 fully saturated rings. The third-order valence-electron chi connectivity index (χ3n) is 6.73. The van der Waals surface area contributed by atoms with Gasteiger partial charge < -0.3 is 14.4 Å². The van der Waals surface area contributed by atoms with Crippen LogP contribution >= 0.6 is 11.6 Å². The van der Waals surface area contributed by atoms with E-state index >= 15 is 0 Å². The van der Waals surface area contributed by atoms with Gasteiger partial charge in [-0.3, -0.25) is 4.79 Å². The molecule has 0 spiro atoms. The molecular weight excluding hydrogens is 517 g/mol. The Balaban J connectivity index is 1.61. The molecular formula is C31H31ClFN3O3. The predicted octanol–water partition coefficient (Wildman–Crippen LogP) is 7.40. The standard InChI is InChI=1S/C31H31ClFN3O3/c1-21(2)29-26(20-35(19-25-11-8-18-38-25)30(37)22-14-16-23(32)17-15-22)31(39-28-13-7-6-12-27(28)33)36(34-29)24-9-4-3-5-10-24/h3-7,9-10,12-17,21,25H,8,11,18-20H2,1-2H3/t25-/m1/s1. The number of aromatic nitrogens is 2. The number of amides is 1. The summed E-state index contributed by atoms with van der Waals surface area (Å²) >= 11 is 6.09. The maximum atomic E-state index is 14.8. The van der Waals surface area contributed by atoms with Crippen molar-refractivity contribution in [2.24, 2.45) is 0 Å². The fourth-order valence-corrected chi connectivity index (χ4v) is 4.89. The van der Waals surface area contributed by atoms with Crippen LogP contribution in [0.3, 0.4) is 0 Å². The highest BCUT2D eigenvalue weighted by Crippen LogP contribution is 2.36. The quantitative estimate of drug-likeness (QED) is 0.219. The Hall–Kier alpha value is -3.68. The first-order valence-electron chi connectivity index (χ1n) is 13.2. The summed E-state index contributed by atoms with van der Waals surface area (Å²) in [4.78, 5) is 15.6. The molecule has 4 aromatic rings. The highest BCUT2D eigenvalue weighted by Gasteiger charge is 2.30. The summed E-state index contributed by atoms with van der Waals surface area (Å²) in [7, 11) is 0. The fourth-order valence-electron chi connectivity index (χ4n) is 4.76. The summed E-state index contributed by atoms with van der Waals surface area (Å²) < 4.78 is 28.6. The first-order valence-corrected chi connectivity index (χ1v) is 13.5. The van der Waals surface area contributed by atoms with Crippen LogP contribution in [0.1, 0.15) is 54.2 Å². The molecule has 8 heteroatoms. The number of benzene rings is 3. The van der Waals surface area contributed by atoms with E-state index in [4.69, 9.17) is 26.2 Å². The third-order valence-corrected chi connectivity index (χ3v) is 6.99. The van der Waals surface area contributed by atoms with E-state index in [-0.39, 0.29) is 30.2 Å². The molecule has 2 heterocycles. The smallest absolute Gasteiger partial charge is 0.254 e. The topological polar surface area (TPSA) is 56.6 Å². The van der Waals surface area contributed by atoms with Crippen molar-refractivity contribution in [1.82, 2.24) is 14.7 Å². The van der Waals surface area contributed by atoms with Gasteiger partial charge >= 0.3 is 0 Å². The van der Waals surface area contributed by atoms with Crippen LogP contribution < -0.4 is 4.74 Å². The molecule has 5 rings (SSSR count). The lowest BCUT2D eigenvalue weighted by molar-refractivity contribution is 0.0505. The van der Waals surface area contributed by atoms with Crippen molar-refractivity contribution in [2.75, 3.05) is 13.2 Å². The van der Waals surface area contributed by atoms with E-state index in [0.717, 1.165) is 29.8 Å². The molecule has 1 saturated heterocycles. The zero-order valence-corrected chi connectivity index (χ0v) is 22.8. The lowest BCUT2D eigenvalue weighted by Gasteiger charge is -2.26. The molecule has 1 aliphatic heterocycles. The van der Waals surface area contributed by atoms with Crippen LogP contribution in [0.2, 0.25) is 5.02 Å². The highest BCUT2D eigenvalue weighted by atomic mass is 35.5. The molecule has 1 atom stereocenters. The average molecular weight is 548 g/mol. The predicted molar refractivity (Wildman–Crippen MR) is 149 cm³/mol. The number of halogens is 2. The largest absolute Gasteiger partial charge is 0.435 e.